The molecule has 1 saturated heterocycles. The molecule has 1 unspecified atom stereocenters. The van der Waals surface area contributed by atoms with E-state index in [2.05, 4.69) is 21.7 Å². The lowest BCUT2D eigenvalue weighted by Gasteiger charge is -2.19. The van der Waals surface area contributed by atoms with E-state index in [1.54, 1.807) is 11.3 Å². The van der Waals surface area contributed by atoms with Crippen molar-refractivity contribution >= 4 is 17.3 Å². The first-order valence-electron chi connectivity index (χ1n) is 5.07. The van der Waals surface area contributed by atoms with Crippen LogP contribution in [0.3, 0.4) is 0 Å². The number of aliphatic carboxylic acids is 1. The Balaban J connectivity index is 1.96. The minimum atomic E-state index is -0.671. The Bertz CT molecular complexity index is 349. The molecular formula is C11H15NO2S. The number of likely N-dealkylation sites (tertiary alicyclic amines) is 1. The topological polar surface area (TPSA) is 40.5 Å². The molecule has 1 aliphatic heterocycles. The summed E-state index contributed by atoms with van der Waals surface area (Å²) in [7, 11) is 0. The number of thiophene rings is 1. The predicted octanol–water partition coefficient (Wildman–Crippen LogP) is 2.04. The van der Waals surface area contributed by atoms with Crippen LogP contribution < -0.4 is 0 Å². The molecular weight excluding hydrogens is 210 g/mol. The molecule has 15 heavy (non-hydrogen) atoms. The molecule has 1 atom stereocenters. The van der Waals surface area contributed by atoms with E-state index in [9.17, 15) is 4.79 Å². The van der Waals surface area contributed by atoms with Gasteiger partial charge in [0, 0.05) is 13.1 Å². The van der Waals surface area contributed by atoms with E-state index in [4.69, 9.17) is 5.11 Å². The van der Waals surface area contributed by atoms with Crippen molar-refractivity contribution in [1.29, 1.82) is 0 Å². The van der Waals surface area contributed by atoms with Crippen LogP contribution in [0.5, 0.6) is 0 Å². The van der Waals surface area contributed by atoms with Crippen LogP contribution in [0.15, 0.2) is 16.8 Å². The molecule has 0 aliphatic carbocycles. The molecule has 2 heterocycles. The molecule has 4 heteroatoms. The molecule has 0 radical (unpaired) electrons. The molecule has 0 saturated carbocycles. The Kier molecular flexibility index (Phi) is 2.80. The highest BCUT2D eigenvalue weighted by Crippen LogP contribution is 2.31. The second-order valence-corrected chi connectivity index (χ2v) is 5.24. The Morgan fingerprint density at radius 3 is 3.07 bits per heavy atom. The van der Waals surface area contributed by atoms with Crippen LogP contribution in [-0.4, -0.2) is 29.1 Å². The number of nitrogens with zero attached hydrogens (tertiary/aromatic N) is 1. The summed E-state index contributed by atoms with van der Waals surface area (Å²) >= 11 is 1.69. The van der Waals surface area contributed by atoms with Crippen molar-refractivity contribution in [2.45, 2.75) is 19.9 Å². The highest BCUT2D eigenvalue weighted by atomic mass is 32.1. The second kappa shape index (κ2) is 3.94. The Morgan fingerprint density at radius 2 is 2.53 bits per heavy atom. The second-order valence-electron chi connectivity index (χ2n) is 4.46. The van der Waals surface area contributed by atoms with E-state index in [1.807, 2.05) is 6.92 Å². The number of rotatable bonds is 3. The minimum Gasteiger partial charge on any atom is -0.481 e. The van der Waals surface area contributed by atoms with Gasteiger partial charge >= 0.3 is 5.97 Å². The van der Waals surface area contributed by atoms with Gasteiger partial charge in [-0.05, 0) is 42.3 Å². The number of carboxylic acid groups (broad SMARTS) is 1. The predicted molar refractivity (Wildman–Crippen MR) is 60.0 cm³/mol. The molecule has 3 nitrogen and oxygen atoms in total. The van der Waals surface area contributed by atoms with Crippen molar-refractivity contribution in [1.82, 2.24) is 4.90 Å². The van der Waals surface area contributed by atoms with E-state index in [0.29, 0.717) is 6.54 Å². The number of hydrogen-bond acceptors (Lipinski definition) is 3. The fourth-order valence-electron chi connectivity index (χ4n) is 2.01. The highest BCUT2D eigenvalue weighted by molar-refractivity contribution is 7.07. The van der Waals surface area contributed by atoms with Crippen LogP contribution >= 0.6 is 11.3 Å². The Morgan fingerprint density at radius 1 is 1.73 bits per heavy atom. The van der Waals surface area contributed by atoms with Crippen molar-refractivity contribution in [2.24, 2.45) is 5.41 Å². The van der Waals surface area contributed by atoms with Crippen molar-refractivity contribution < 1.29 is 9.90 Å². The third kappa shape index (κ3) is 2.21. The van der Waals surface area contributed by atoms with Gasteiger partial charge in [0.05, 0.1) is 5.41 Å². The summed E-state index contributed by atoms with van der Waals surface area (Å²) in [6.45, 7) is 4.27. The highest BCUT2D eigenvalue weighted by Gasteiger charge is 2.40. The first-order chi connectivity index (χ1) is 7.10. The van der Waals surface area contributed by atoms with Gasteiger partial charge in [-0.1, -0.05) is 0 Å². The molecule has 1 fully saturated rings. The summed E-state index contributed by atoms with van der Waals surface area (Å²) in [6.07, 6.45) is 0.756. The summed E-state index contributed by atoms with van der Waals surface area (Å²) in [6, 6.07) is 2.10. The van der Waals surface area contributed by atoms with Crippen LogP contribution in [0.2, 0.25) is 0 Å². The number of hydrogen-bond donors (Lipinski definition) is 1. The molecule has 0 aromatic carbocycles. The zero-order chi connectivity index (χ0) is 10.9. The minimum absolute atomic E-state index is 0.546. The van der Waals surface area contributed by atoms with Gasteiger partial charge in [-0.3, -0.25) is 9.69 Å². The average molecular weight is 225 g/mol. The van der Waals surface area contributed by atoms with Crippen LogP contribution in [0.4, 0.5) is 0 Å². The van der Waals surface area contributed by atoms with Gasteiger partial charge in [0.15, 0.2) is 0 Å². The van der Waals surface area contributed by atoms with Gasteiger partial charge in [0.1, 0.15) is 0 Å². The monoisotopic (exact) mass is 225 g/mol. The number of carbonyl (C=O) groups is 1. The average Bonchev–Trinajstić information content (AvgIpc) is 2.77. The normalized spacial score (nSPS) is 27.0. The quantitative estimate of drug-likeness (QED) is 0.856. The van der Waals surface area contributed by atoms with Gasteiger partial charge in [0.25, 0.3) is 0 Å². The molecule has 82 valence electrons. The molecule has 1 aromatic heterocycles. The van der Waals surface area contributed by atoms with Crippen molar-refractivity contribution in [3.05, 3.63) is 22.4 Å². The lowest BCUT2D eigenvalue weighted by Crippen LogP contribution is -2.31. The maximum absolute atomic E-state index is 11.0. The van der Waals surface area contributed by atoms with Crippen LogP contribution in [0, 0.1) is 5.41 Å². The third-order valence-corrected chi connectivity index (χ3v) is 3.79. The number of carboxylic acids is 1. The fourth-order valence-corrected chi connectivity index (χ4v) is 2.67. The zero-order valence-electron chi connectivity index (χ0n) is 8.77. The largest absolute Gasteiger partial charge is 0.481 e. The van der Waals surface area contributed by atoms with Crippen molar-refractivity contribution in [3.8, 4) is 0 Å². The molecule has 1 N–H and O–H groups in total. The Labute approximate surface area is 93.3 Å². The van der Waals surface area contributed by atoms with E-state index in [1.165, 1.54) is 5.56 Å². The van der Waals surface area contributed by atoms with Gasteiger partial charge in [-0.25, -0.2) is 0 Å². The first-order valence-corrected chi connectivity index (χ1v) is 6.01. The van der Waals surface area contributed by atoms with Crippen LogP contribution in [0.1, 0.15) is 18.9 Å². The summed E-state index contributed by atoms with van der Waals surface area (Å²) in [4.78, 5) is 13.3. The SMILES string of the molecule is CC1(C(=O)O)CCN(Cc2ccsc2)C1. The molecule has 0 bridgehead atoms. The third-order valence-electron chi connectivity index (χ3n) is 3.05. The summed E-state index contributed by atoms with van der Waals surface area (Å²) < 4.78 is 0. The van der Waals surface area contributed by atoms with Gasteiger partial charge < -0.3 is 5.11 Å². The Hall–Kier alpha value is -0.870. The molecule has 0 amide bonds. The zero-order valence-corrected chi connectivity index (χ0v) is 9.59. The van der Waals surface area contributed by atoms with Gasteiger partial charge in [-0.15, -0.1) is 0 Å². The van der Waals surface area contributed by atoms with Crippen molar-refractivity contribution in [2.75, 3.05) is 13.1 Å². The van der Waals surface area contributed by atoms with Crippen molar-refractivity contribution in [3.63, 3.8) is 0 Å². The van der Waals surface area contributed by atoms with Gasteiger partial charge in [0.2, 0.25) is 0 Å². The fraction of sp³-hybridized carbons (Fsp3) is 0.545. The summed E-state index contributed by atoms with van der Waals surface area (Å²) in [5.74, 6) is -0.671. The maximum Gasteiger partial charge on any atom is 0.310 e. The lowest BCUT2D eigenvalue weighted by atomic mass is 9.90. The van der Waals surface area contributed by atoms with Crippen LogP contribution in [0.25, 0.3) is 0 Å². The molecule has 0 spiro atoms. The molecule has 1 aliphatic rings. The smallest absolute Gasteiger partial charge is 0.310 e. The van der Waals surface area contributed by atoms with E-state index in [-0.39, 0.29) is 0 Å². The lowest BCUT2D eigenvalue weighted by molar-refractivity contribution is -0.147. The molecule has 1 aromatic rings. The summed E-state index contributed by atoms with van der Waals surface area (Å²) in [5, 5.41) is 13.3. The van der Waals surface area contributed by atoms with E-state index >= 15 is 0 Å². The summed E-state index contributed by atoms with van der Waals surface area (Å²) in [5.41, 5.74) is 0.741. The van der Waals surface area contributed by atoms with E-state index in [0.717, 1.165) is 19.5 Å². The van der Waals surface area contributed by atoms with Crippen LogP contribution in [-0.2, 0) is 11.3 Å². The molecule has 2 rings (SSSR count). The van der Waals surface area contributed by atoms with Gasteiger partial charge in [-0.2, -0.15) is 11.3 Å². The first kappa shape index (κ1) is 10.6. The van der Waals surface area contributed by atoms with E-state index < -0.39 is 11.4 Å². The standard InChI is InChI=1S/C11H15NO2S/c1-11(10(13)14)3-4-12(8-11)6-9-2-5-15-7-9/h2,5,7H,3-4,6,8H2,1H3,(H,13,14). The maximum atomic E-state index is 11.0.